The Hall–Kier alpha value is -2.40. The Morgan fingerprint density at radius 2 is 1.91 bits per heavy atom. The topological polar surface area (TPSA) is 72.2 Å². The summed E-state index contributed by atoms with van der Waals surface area (Å²) in [4.78, 5) is 22.7. The summed E-state index contributed by atoms with van der Waals surface area (Å²) >= 11 is 6.01. The largest absolute Gasteiger partial charge is 0.345 e. The summed E-state index contributed by atoms with van der Waals surface area (Å²) in [6.45, 7) is 3.95. The zero-order valence-corrected chi connectivity index (χ0v) is 13.6. The van der Waals surface area contributed by atoms with E-state index in [-0.39, 0.29) is 22.3 Å². The molecule has 2 aromatic carbocycles. The van der Waals surface area contributed by atoms with Crippen LogP contribution in [0.4, 0.5) is 5.69 Å². The van der Waals surface area contributed by atoms with Crippen molar-refractivity contribution >= 4 is 23.2 Å². The van der Waals surface area contributed by atoms with Gasteiger partial charge in [-0.2, -0.15) is 0 Å². The normalized spacial score (nSPS) is 11.8. The molecular weight excluding hydrogens is 316 g/mol. The maximum atomic E-state index is 12.4. The van der Waals surface area contributed by atoms with E-state index in [0.29, 0.717) is 6.42 Å². The van der Waals surface area contributed by atoms with Gasteiger partial charge in [-0.1, -0.05) is 48.4 Å². The van der Waals surface area contributed by atoms with Crippen molar-refractivity contribution in [3.8, 4) is 0 Å². The number of nitro benzene ring substituents is 1. The van der Waals surface area contributed by atoms with E-state index in [1.807, 2.05) is 38.1 Å². The Labute approximate surface area is 139 Å². The van der Waals surface area contributed by atoms with Gasteiger partial charge >= 0.3 is 0 Å². The maximum Gasteiger partial charge on any atom is 0.270 e. The van der Waals surface area contributed by atoms with Gasteiger partial charge in [0.1, 0.15) is 0 Å². The van der Waals surface area contributed by atoms with Crippen molar-refractivity contribution in [1.29, 1.82) is 0 Å². The van der Waals surface area contributed by atoms with Crippen LogP contribution in [0.25, 0.3) is 0 Å². The first-order valence-corrected chi connectivity index (χ1v) is 7.61. The minimum absolute atomic E-state index is 0.103. The molecule has 0 heterocycles. The molecule has 5 nitrogen and oxygen atoms in total. The number of halogens is 1. The van der Waals surface area contributed by atoms with Crippen LogP contribution in [0.3, 0.4) is 0 Å². The molecule has 0 radical (unpaired) electrons. The average molecular weight is 333 g/mol. The second kappa shape index (κ2) is 7.24. The predicted molar refractivity (Wildman–Crippen MR) is 89.8 cm³/mol. The van der Waals surface area contributed by atoms with E-state index in [1.54, 1.807) is 0 Å². The second-order valence-corrected chi connectivity index (χ2v) is 5.67. The van der Waals surface area contributed by atoms with Crippen molar-refractivity contribution in [2.24, 2.45) is 0 Å². The molecule has 0 aromatic heterocycles. The molecule has 1 amide bonds. The zero-order chi connectivity index (χ0) is 17.0. The number of non-ortho nitro benzene ring substituents is 1. The van der Waals surface area contributed by atoms with Crippen LogP contribution in [0.2, 0.25) is 5.02 Å². The highest BCUT2D eigenvalue weighted by Crippen LogP contribution is 2.24. The lowest BCUT2D eigenvalue weighted by Gasteiger charge is -2.18. The standard InChI is InChI=1S/C17H17ClN2O3/c1-3-16(12-6-4-11(2)5-7-12)19-17(21)14-10-13(20(22)23)8-9-15(14)18/h4-10,16H,3H2,1-2H3,(H,19,21). The van der Waals surface area contributed by atoms with Gasteiger partial charge in [-0.25, -0.2) is 0 Å². The van der Waals surface area contributed by atoms with Crippen LogP contribution in [-0.2, 0) is 0 Å². The Balaban J connectivity index is 2.24. The summed E-state index contributed by atoms with van der Waals surface area (Å²) in [6, 6.07) is 11.5. The first-order chi connectivity index (χ1) is 10.9. The molecule has 6 heteroatoms. The summed E-state index contributed by atoms with van der Waals surface area (Å²) in [5.74, 6) is -0.425. The van der Waals surface area contributed by atoms with E-state index in [9.17, 15) is 14.9 Å². The van der Waals surface area contributed by atoms with Gasteiger partial charge in [-0.15, -0.1) is 0 Å². The predicted octanol–water partition coefficient (Wildman–Crippen LogP) is 4.44. The number of carbonyl (C=O) groups excluding carboxylic acids is 1. The number of nitro groups is 1. The number of hydrogen-bond donors (Lipinski definition) is 1. The van der Waals surface area contributed by atoms with E-state index in [0.717, 1.165) is 11.1 Å². The first-order valence-electron chi connectivity index (χ1n) is 7.23. The highest BCUT2D eigenvalue weighted by atomic mass is 35.5. The van der Waals surface area contributed by atoms with E-state index >= 15 is 0 Å². The lowest BCUT2D eigenvalue weighted by Crippen LogP contribution is -2.28. The third kappa shape index (κ3) is 4.07. The Bertz CT molecular complexity index is 729. The highest BCUT2D eigenvalue weighted by Gasteiger charge is 2.19. The fourth-order valence-electron chi connectivity index (χ4n) is 2.26. The highest BCUT2D eigenvalue weighted by molar-refractivity contribution is 6.33. The van der Waals surface area contributed by atoms with E-state index in [4.69, 9.17) is 11.6 Å². The van der Waals surface area contributed by atoms with Crippen molar-refractivity contribution in [3.63, 3.8) is 0 Å². The number of nitrogens with one attached hydrogen (secondary N) is 1. The van der Waals surface area contributed by atoms with Crippen molar-refractivity contribution < 1.29 is 9.72 Å². The van der Waals surface area contributed by atoms with E-state index in [1.165, 1.54) is 18.2 Å². The molecule has 1 unspecified atom stereocenters. The molecule has 2 rings (SSSR count). The molecule has 2 aromatic rings. The lowest BCUT2D eigenvalue weighted by atomic mass is 10.0. The van der Waals surface area contributed by atoms with Gasteiger partial charge < -0.3 is 5.32 Å². The Kier molecular flexibility index (Phi) is 5.34. The molecule has 0 saturated heterocycles. The molecule has 0 bridgehead atoms. The van der Waals surface area contributed by atoms with Gasteiger partial charge in [0.25, 0.3) is 11.6 Å². The van der Waals surface area contributed by atoms with Gasteiger partial charge in [0, 0.05) is 12.1 Å². The maximum absolute atomic E-state index is 12.4. The summed E-state index contributed by atoms with van der Waals surface area (Å²) < 4.78 is 0. The Morgan fingerprint density at radius 1 is 1.26 bits per heavy atom. The van der Waals surface area contributed by atoms with Crippen LogP contribution in [0.15, 0.2) is 42.5 Å². The van der Waals surface area contributed by atoms with Crippen LogP contribution in [-0.4, -0.2) is 10.8 Å². The summed E-state index contributed by atoms with van der Waals surface area (Å²) in [5.41, 5.74) is 2.05. The van der Waals surface area contributed by atoms with Crippen LogP contribution in [0.5, 0.6) is 0 Å². The minimum atomic E-state index is -0.551. The number of benzene rings is 2. The third-order valence-electron chi connectivity index (χ3n) is 3.60. The van der Waals surface area contributed by atoms with Crippen LogP contribution < -0.4 is 5.32 Å². The van der Waals surface area contributed by atoms with Crippen LogP contribution >= 0.6 is 11.6 Å². The van der Waals surface area contributed by atoms with E-state index < -0.39 is 10.8 Å². The van der Waals surface area contributed by atoms with Crippen molar-refractivity contribution in [3.05, 3.63) is 74.3 Å². The summed E-state index contributed by atoms with van der Waals surface area (Å²) in [5, 5.41) is 13.9. The number of carbonyl (C=O) groups is 1. The fraction of sp³-hybridized carbons (Fsp3) is 0.235. The average Bonchev–Trinajstić information content (AvgIpc) is 2.53. The zero-order valence-electron chi connectivity index (χ0n) is 12.9. The monoisotopic (exact) mass is 332 g/mol. The van der Waals surface area contributed by atoms with Crippen molar-refractivity contribution in [2.75, 3.05) is 0 Å². The number of rotatable bonds is 5. The van der Waals surface area contributed by atoms with Crippen LogP contribution in [0.1, 0.15) is 40.9 Å². The number of amides is 1. The first kappa shape index (κ1) is 17.0. The Morgan fingerprint density at radius 3 is 2.48 bits per heavy atom. The van der Waals surface area contributed by atoms with Gasteiger partial charge in [-0.05, 0) is 25.0 Å². The second-order valence-electron chi connectivity index (χ2n) is 5.27. The van der Waals surface area contributed by atoms with Crippen LogP contribution in [0, 0.1) is 17.0 Å². The van der Waals surface area contributed by atoms with Crippen molar-refractivity contribution in [1.82, 2.24) is 5.32 Å². The van der Waals surface area contributed by atoms with E-state index in [2.05, 4.69) is 5.32 Å². The molecule has 0 spiro atoms. The molecule has 0 aliphatic rings. The van der Waals surface area contributed by atoms with Gasteiger partial charge in [0.2, 0.25) is 0 Å². The SMILES string of the molecule is CCC(NC(=O)c1cc([N+](=O)[O-])ccc1Cl)c1ccc(C)cc1. The third-order valence-corrected chi connectivity index (χ3v) is 3.93. The summed E-state index contributed by atoms with van der Waals surface area (Å²) in [7, 11) is 0. The van der Waals surface area contributed by atoms with Gasteiger partial charge in [0.15, 0.2) is 0 Å². The molecule has 0 aliphatic carbocycles. The molecule has 120 valence electrons. The molecular formula is C17H17ClN2O3. The molecule has 1 N–H and O–H groups in total. The lowest BCUT2D eigenvalue weighted by molar-refractivity contribution is -0.384. The van der Waals surface area contributed by atoms with Crippen molar-refractivity contribution in [2.45, 2.75) is 26.3 Å². The smallest absolute Gasteiger partial charge is 0.270 e. The molecule has 0 aliphatic heterocycles. The molecule has 23 heavy (non-hydrogen) atoms. The molecule has 0 saturated carbocycles. The fourth-order valence-corrected chi connectivity index (χ4v) is 2.46. The number of hydrogen-bond acceptors (Lipinski definition) is 3. The molecule has 1 atom stereocenters. The number of nitrogens with zero attached hydrogens (tertiary/aromatic N) is 1. The molecule has 0 fully saturated rings. The number of aryl methyl sites for hydroxylation is 1. The summed E-state index contributed by atoms with van der Waals surface area (Å²) in [6.07, 6.45) is 0.696. The van der Waals surface area contributed by atoms with Gasteiger partial charge in [-0.3, -0.25) is 14.9 Å². The van der Waals surface area contributed by atoms with Gasteiger partial charge in [0.05, 0.1) is 21.6 Å². The minimum Gasteiger partial charge on any atom is -0.345 e. The quantitative estimate of drug-likeness (QED) is 0.650.